The maximum Gasteiger partial charge on any atom is 0.223 e. The summed E-state index contributed by atoms with van der Waals surface area (Å²) in [5.41, 5.74) is 6.18. The number of ether oxygens (including phenoxy) is 1. The average molecular weight is 315 g/mol. The lowest BCUT2D eigenvalue weighted by Gasteiger charge is -2.09. The van der Waals surface area contributed by atoms with Gasteiger partial charge in [0.15, 0.2) is 0 Å². The van der Waals surface area contributed by atoms with Gasteiger partial charge in [0.05, 0.1) is 0 Å². The number of hydrogen-bond donors (Lipinski definition) is 1. The van der Waals surface area contributed by atoms with Crippen molar-refractivity contribution in [3.05, 3.63) is 52.1 Å². The summed E-state index contributed by atoms with van der Waals surface area (Å²) in [6.07, 6.45) is 1.52. The number of halogens is 3. The summed E-state index contributed by atoms with van der Waals surface area (Å²) in [5.74, 6) is -1.16. The van der Waals surface area contributed by atoms with Crippen molar-refractivity contribution in [3.63, 3.8) is 0 Å². The lowest BCUT2D eigenvalue weighted by molar-refractivity contribution is 0.445. The molecule has 2 aromatic rings. The SMILES string of the molecule is NCc1cc(Br)cnc1Oc1cc(F)cc(F)c1. The van der Waals surface area contributed by atoms with Crippen molar-refractivity contribution in [2.45, 2.75) is 6.54 Å². The highest BCUT2D eigenvalue weighted by atomic mass is 79.9. The molecule has 0 fully saturated rings. The van der Waals surface area contributed by atoms with E-state index in [2.05, 4.69) is 20.9 Å². The van der Waals surface area contributed by atoms with E-state index in [1.54, 1.807) is 6.07 Å². The number of rotatable bonds is 3. The van der Waals surface area contributed by atoms with Crippen LogP contribution < -0.4 is 10.5 Å². The molecule has 18 heavy (non-hydrogen) atoms. The Balaban J connectivity index is 2.33. The van der Waals surface area contributed by atoms with Crippen molar-refractivity contribution >= 4 is 15.9 Å². The van der Waals surface area contributed by atoms with Crippen LogP contribution in [0.4, 0.5) is 8.78 Å². The molecule has 3 nitrogen and oxygen atoms in total. The van der Waals surface area contributed by atoms with E-state index >= 15 is 0 Å². The summed E-state index contributed by atoms with van der Waals surface area (Å²) in [4.78, 5) is 4.01. The molecule has 0 bridgehead atoms. The topological polar surface area (TPSA) is 48.1 Å². The predicted octanol–water partition coefficient (Wildman–Crippen LogP) is 3.37. The first kappa shape index (κ1) is 12.9. The fraction of sp³-hybridized carbons (Fsp3) is 0.0833. The number of benzene rings is 1. The van der Waals surface area contributed by atoms with Crippen LogP contribution in [0.15, 0.2) is 34.9 Å². The summed E-state index contributed by atoms with van der Waals surface area (Å²) in [6.45, 7) is 0.208. The van der Waals surface area contributed by atoms with E-state index in [4.69, 9.17) is 10.5 Å². The summed E-state index contributed by atoms with van der Waals surface area (Å²) in [6, 6.07) is 4.66. The Morgan fingerprint density at radius 2 is 1.83 bits per heavy atom. The van der Waals surface area contributed by atoms with Gasteiger partial charge >= 0.3 is 0 Å². The first-order chi connectivity index (χ1) is 8.58. The van der Waals surface area contributed by atoms with E-state index in [0.717, 1.165) is 22.7 Å². The molecule has 94 valence electrons. The minimum Gasteiger partial charge on any atom is -0.438 e. The van der Waals surface area contributed by atoms with Crippen molar-refractivity contribution in [3.8, 4) is 11.6 Å². The molecule has 0 aliphatic rings. The van der Waals surface area contributed by atoms with Crippen LogP contribution in [0, 0.1) is 11.6 Å². The molecule has 2 rings (SSSR count). The molecule has 6 heteroatoms. The number of hydrogen-bond acceptors (Lipinski definition) is 3. The van der Waals surface area contributed by atoms with Crippen molar-refractivity contribution in [1.82, 2.24) is 4.98 Å². The number of nitrogens with two attached hydrogens (primary N) is 1. The Morgan fingerprint density at radius 1 is 1.17 bits per heavy atom. The predicted molar refractivity (Wildman–Crippen MR) is 66.3 cm³/mol. The van der Waals surface area contributed by atoms with Gasteiger partial charge in [-0.1, -0.05) is 0 Å². The third-order valence-corrected chi connectivity index (χ3v) is 2.60. The Morgan fingerprint density at radius 3 is 2.44 bits per heavy atom. The van der Waals surface area contributed by atoms with E-state index in [1.807, 2.05) is 0 Å². The normalized spacial score (nSPS) is 10.4. The van der Waals surface area contributed by atoms with Crippen LogP contribution in [-0.2, 0) is 6.54 Å². The highest BCUT2D eigenvalue weighted by Gasteiger charge is 2.08. The standard InChI is InChI=1S/C12H9BrF2N2O/c13-8-1-7(5-16)12(17-6-8)18-11-3-9(14)2-10(15)4-11/h1-4,6H,5,16H2. The highest BCUT2D eigenvalue weighted by Crippen LogP contribution is 2.26. The van der Waals surface area contributed by atoms with Crippen molar-refractivity contribution in [2.75, 3.05) is 0 Å². The molecule has 0 radical (unpaired) electrons. The Labute approximate surface area is 111 Å². The summed E-state index contributed by atoms with van der Waals surface area (Å²) >= 11 is 3.25. The molecule has 1 aromatic heterocycles. The maximum absolute atomic E-state index is 13.0. The van der Waals surface area contributed by atoms with E-state index < -0.39 is 11.6 Å². The van der Waals surface area contributed by atoms with Crippen LogP contribution in [0.3, 0.4) is 0 Å². The Kier molecular flexibility index (Phi) is 3.88. The van der Waals surface area contributed by atoms with Crippen LogP contribution >= 0.6 is 15.9 Å². The summed E-state index contributed by atoms with van der Waals surface area (Å²) in [7, 11) is 0. The quantitative estimate of drug-likeness (QED) is 0.945. The largest absolute Gasteiger partial charge is 0.438 e. The van der Waals surface area contributed by atoms with Crippen LogP contribution in [0.2, 0.25) is 0 Å². The smallest absolute Gasteiger partial charge is 0.223 e. The van der Waals surface area contributed by atoms with Crippen molar-refractivity contribution in [2.24, 2.45) is 5.73 Å². The molecule has 1 aromatic carbocycles. The minimum atomic E-state index is -0.712. The summed E-state index contributed by atoms with van der Waals surface area (Å²) in [5, 5.41) is 0. The number of nitrogens with zero attached hydrogens (tertiary/aromatic N) is 1. The van der Waals surface area contributed by atoms with Gasteiger partial charge in [-0.25, -0.2) is 13.8 Å². The van der Waals surface area contributed by atoms with Gasteiger partial charge in [0.1, 0.15) is 17.4 Å². The molecule has 2 N–H and O–H groups in total. The monoisotopic (exact) mass is 314 g/mol. The molecular formula is C12H9BrF2N2O. The van der Waals surface area contributed by atoms with Gasteiger partial charge in [0.25, 0.3) is 0 Å². The molecule has 0 aliphatic carbocycles. The second-order valence-corrected chi connectivity index (χ2v) is 4.44. The molecule has 0 aliphatic heterocycles. The first-order valence-corrected chi connectivity index (χ1v) is 5.86. The van der Waals surface area contributed by atoms with Gasteiger partial charge in [0, 0.05) is 41.0 Å². The lowest BCUT2D eigenvalue weighted by Crippen LogP contribution is -2.01. The van der Waals surface area contributed by atoms with Gasteiger partial charge in [-0.05, 0) is 22.0 Å². The first-order valence-electron chi connectivity index (χ1n) is 5.07. The van der Waals surface area contributed by atoms with Crippen LogP contribution in [-0.4, -0.2) is 4.98 Å². The summed E-state index contributed by atoms with van der Waals surface area (Å²) < 4.78 is 32.1. The van der Waals surface area contributed by atoms with Gasteiger partial charge in [-0.15, -0.1) is 0 Å². The fourth-order valence-electron chi connectivity index (χ4n) is 1.41. The third kappa shape index (κ3) is 3.02. The highest BCUT2D eigenvalue weighted by molar-refractivity contribution is 9.10. The minimum absolute atomic E-state index is 0.0389. The molecule has 0 spiro atoms. The zero-order valence-electron chi connectivity index (χ0n) is 9.16. The molecule has 1 heterocycles. The Bertz CT molecular complexity index is 558. The van der Waals surface area contributed by atoms with Gasteiger partial charge < -0.3 is 10.5 Å². The van der Waals surface area contributed by atoms with Crippen LogP contribution in [0.5, 0.6) is 11.6 Å². The fourth-order valence-corrected chi connectivity index (χ4v) is 1.78. The van der Waals surface area contributed by atoms with E-state index in [9.17, 15) is 8.78 Å². The van der Waals surface area contributed by atoms with E-state index in [0.29, 0.717) is 5.56 Å². The molecule has 0 amide bonds. The van der Waals surface area contributed by atoms with Crippen molar-refractivity contribution in [1.29, 1.82) is 0 Å². The zero-order valence-corrected chi connectivity index (χ0v) is 10.7. The molecule has 0 atom stereocenters. The zero-order chi connectivity index (χ0) is 13.1. The second-order valence-electron chi connectivity index (χ2n) is 3.53. The second kappa shape index (κ2) is 5.41. The van der Waals surface area contributed by atoms with Crippen LogP contribution in [0.25, 0.3) is 0 Å². The van der Waals surface area contributed by atoms with Gasteiger partial charge in [-0.2, -0.15) is 0 Å². The molecular weight excluding hydrogens is 306 g/mol. The number of aromatic nitrogens is 1. The van der Waals surface area contributed by atoms with Gasteiger partial charge in [0.2, 0.25) is 5.88 Å². The van der Waals surface area contributed by atoms with Crippen LogP contribution in [0.1, 0.15) is 5.56 Å². The van der Waals surface area contributed by atoms with E-state index in [1.165, 1.54) is 6.20 Å². The average Bonchev–Trinajstić information content (AvgIpc) is 2.30. The molecule has 0 unspecified atom stereocenters. The lowest BCUT2D eigenvalue weighted by atomic mass is 10.2. The number of pyridine rings is 1. The van der Waals surface area contributed by atoms with Gasteiger partial charge in [-0.3, -0.25) is 0 Å². The Hall–Kier alpha value is -1.53. The molecule has 0 saturated carbocycles. The maximum atomic E-state index is 13.0. The molecule has 0 saturated heterocycles. The van der Waals surface area contributed by atoms with E-state index in [-0.39, 0.29) is 18.2 Å². The van der Waals surface area contributed by atoms with Crippen molar-refractivity contribution < 1.29 is 13.5 Å². The third-order valence-electron chi connectivity index (χ3n) is 2.16.